The van der Waals surface area contributed by atoms with E-state index in [1.165, 1.54) is 0 Å². The van der Waals surface area contributed by atoms with Crippen LogP contribution in [0.3, 0.4) is 0 Å². The van der Waals surface area contributed by atoms with Crippen LogP contribution >= 0.6 is 0 Å². The van der Waals surface area contributed by atoms with Gasteiger partial charge in [-0.05, 0) is 41.5 Å². The molecule has 1 aliphatic rings. The molecule has 0 radical (unpaired) electrons. The van der Waals surface area contributed by atoms with Crippen LogP contribution in [0.25, 0.3) is 16.3 Å². The van der Waals surface area contributed by atoms with E-state index in [-0.39, 0.29) is 0 Å². The van der Waals surface area contributed by atoms with Gasteiger partial charge in [0.25, 0.3) is 0 Å². The van der Waals surface area contributed by atoms with Gasteiger partial charge in [0.2, 0.25) is 6.79 Å². The maximum absolute atomic E-state index is 5.36. The Kier molecular flexibility index (Phi) is 1.90. The van der Waals surface area contributed by atoms with E-state index in [2.05, 4.69) is 24.8 Å². The Labute approximate surface area is 94.1 Å². The predicted molar refractivity (Wildman–Crippen MR) is 64.8 cm³/mol. The molecule has 3 rings (SSSR count). The molecule has 0 spiro atoms. The fourth-order valence-corrected chi connectivity index (χ4v) is 1.90. The van der Waals surface area contributed by atoms with Crippen LogP contribution in [0.15, 0.2) is 36.9 Å². The largest absolute Gasteiger partial charge is 0.454 e. The molecule has 0 amide bonds. The molecule has 2 nitrogen and oxygen atoms in total. The molecule has 2 aromatic carbocycles. The van der Waals surface area contributed by atoms with E-state index in [1.807, 2.05) is 19.1 Å². The van der Waals surface area contributed by atoms with Crippen molar-refractivity contribution in [2.75, 3.05) is 6.79 Å². The molecule has 0 fully saturated rings. The summed E-state index contributed by atoms with van der Waals surface area (Å²) in [5.41, 5.74) is 2.23. The van der Waals surface area contributed by atoms with Gasteiger partial charge in [0.15, 0.2) is 11.5 Å². The quantitative estimate of drug-likeness (QED) is 0.719. The molecule has 2 aromatic rings. The molecule has 16 heavy (non-hydrogen) atoms. The summed E-state index contributed by atoms with van der Waals surface area (Å²) in [6.07, 6.45) is 0. The molecule has 0 bridgehead atoms. The summed E-state index contributed by atoms with van der Waals surface area (Å²) in [5, 5.41) is 2.32. The minimum Gasteiger partial charge on any atom is -0.454 e. The van der Waals surface area contributed by atoms with Crippen LogP contribution < -0.4 is 9.47 Å². The second-order valence-corrected chi connectivity index (χ2v) is 4.05. The van der Waals surface area contributed by atoms with E-state index >= 15 is 0 Å². The highest BCUT2D eigenvalue weighted by atomic mass is 16.7. The molecule has 80 valence electrons. The zero-order valence-electron chi connectivity index (χ0n) is 9.12. The van der Waals surface area contributed by atoms with Gasteiger partial charge in [-0.3, -0.25) is 0 Å². The zero-order chi connectivity index (χ0) is 11.1. The predicted octanol–water partition coefficient (Wildman–Crippen LogP) is 3.60. The van der Waals surface area contributed by atoms with Gasteiger partial charge < -0.3 is 9.47 Å². The number of fused-ring (bicyclic) bond motifs is 2. The molecular formula is C14H12O2. The third kappa shape index (κ3) is 1.34. The minimum atomic E-state index is 0.318. The lowest BCUT2D eigenvalue weighted by Crippen LogP contribution is -1.92. The molecule has 0 saturated carbocycles. The molecule has 0 atom stereocenters. The average Bonchev–Trinajstić information content (AvgIpc) is 2.71. The Hall–Kier alpha value is -1.96. The van der Waals surface area contributed by atoms with E-state index < -0.39 is 0 Å². The van der Waals surface area contributed by atoms with Gasteiger partial charge in [-0.2, -0.15) is 0 Å². The van der Waals surface area contributed by atoms with Gasteiger partial charge in [-0.1, -0.05) is 24.3 Å². The molecule has 0 aliphatic carbocycles. The van der Waals surface area contributed by atoms with Crippen molar-refractivity contribution >= 4 is 16.3 Å². The first-order valence-electron chi connectivity index (χ1n) is 5.23. The Bertz CT molecular complexity index is 585. The Morgan fingerprint density at radius 2 is 1.75 bits per heavy atom. The maximum Gasteiger partial charge on any atom is 0.231 e. The van der Waals surface area contributed by atoms with Crippen LogP contribution in [0, 0.1) is 0 Å². The van der Waals surface area contributed by atoms with Gasteiger partial charge in [-0.15, -0.1) is 0 Å². The van der Waals surface area contributed by atoms with Crippen molar-refractivity contribution in [3.63, 3.8) is 0 Å². The summed E-state index contributed by atoms with van der Waals surface area (Å²) in [6, 6.07) is 10.3. The fourth-order valence-electron chi connectivity index (χ4n) is 1.90. The smallest absolute Gasteiger partial charge is 0.231 e. The molecule has 0 aromatic heterocycles. The number of rotatable bonds is 1. The minimum absolute atomic E-state index is 0.318. The number of allylic oxidation sites excluding steroid dienone is 1. The Morgan fingerprint density at radius 1 is 1.06 bits per heavy atom. The lowest BCUT2D eigenvalue weighted by atomic mass is 10.0. The first-order chi connectivity index (χ1) is 7.74. The lowest BCUT2D eigenvalue weighted by molar-refractivity contribution is 0.174. The van der Waals surface area contributed by atoms with Crippen molar-refractivity contribution in [2.45, 2.75) is 6.92 Å². The van der Waals surface area contributed by atoms with Gasteiger partial charge in [0, 0.05) is 0 Å². The lowest BCUT2D eigenvalue weighted by Gasteiger charge is -2.04. The summed E-state index contributed by atoms with van der Waals surface area (Å²) in [7, 11) is 0. The highest BCUT2D eigenvalue weighted by molar-refractivity contribution is 5.89. The van der Waals surface area contributed by atoms with E-state index in [0.717, 1.165) is 33.4 Å². The molecular weight excluding hydrogens is 200 g/mol. The molecule has 1 aliphatic heterocycles. The van der Waals surface area contributed by atoms with Gasteiger partial charge in [-0.25, -0.2) is 0 Å². The van der Waals surface area contributed by atoms with Crippen molar-refractivity contribution in [1.29, 1.82) is 0 Å². The molecule has 2 heteroatoms. The third-order valence-corrected chi connectivity index (χ3v) is 2.82. The van der Waals surface area contributed by atoms with E-state index in [9.17, 15) is 0 Å². The van der Waals surface area contributed by atoms with Crippen LogP contribution in [-0.2, 0) is 0 Å². The monoisotopic (exact) mass is 212 g/mol. The number of hydrogen-bond donors (Lipinski definition) is 0. The van der Waals surface area contributed by atoms with E-state index in [0.29, 0.717) is 6.79 Å². The first kappa shape index (κ1) is 9.28. The Balaban J connectivity index is 2.24. The van der Waals surface area contributed by atoms with Crippen molar-refractivity contribution in [1.82, 2.24) is 0 Å². The number of benzene rings is 2. The summed E-state index contributed by atoms with van der Waals surface area (Å²) in [6.45, 7) is 6.28. The number of hydrogen-bond acceptors (Lipinski definition) is 2. The van der Waals surface area contributed by atoms with E-state index in [4.69, 9.17) is 9.47 Å². The number of ether oxygens (including phenoxy) is 2. The molecule has 0 N–H and O–H groups in total. The molecule has 0 saturated heterocycles. The second kappa shape index (κ2) is 3.27. The standard InChI is InChI=1S/C14H12O2/c1-9(2)10-3-4-11-6-13-14(16-8-15-13)7-12(11)5-10/h3-7H,1,8H2,2H3. The average molecular weight is 212 g/mol. The van der Waals surface area contributed by atoms with Crippen molar-refractivity contribution in [3.05, 3.63) is 42.5 Å². The summed E-state index contributed by atoms with van der Waals surface area (Å²) < 4.78 is 10.7. The van der Waals surface area contributed by atoms with Crippen LogP contribution in [0.1, 0.15) is 12.5 Å². The van der Waals surface area contributed by atoms with Crippen LogP contribution in [0.5, 0.6) is 11.5 Å². The zero-order valence-corrected chi connectivity index (χ0v) is 9.12. The van der Waals surface area contributed by atoms with Crippen molar-refractivity contribution in [2.24, 2.45) is 0 Å². The highest BCUT2D eigenvalue weighted by Gasteiger charge is 2.13. The van der Waals surface area contributed by atoms with Crippen LogP contribution in [0.4, 0.5) is 0 Å². The van der Waals surface area contributed by atoms with Gasteiger partial charge in [0.1, 0.15) is 0 Å². The highest BCUT2D eigenvalue weighted by Crippen LogP contribution is 2.36. The van der Waals surface area contributed by atoms with E-state index in [1.54, 1.807) is 0 Å². The van der Waals surface area contributed by atoms with Crippen LogP contribution in [0.2, 0.25) is 0 Å². The van der Waals surface area contributed by atoms with Crippen molar-refractivity contribution < 1.29 is 9.47 Å². The summed E-state index contributed by atoms with van der Waals surface area (Å²) >= 11 is 0. The summed E-state index contributed by atoms with van der Waals surface area (Å²) in [5.74, 6) is 1.65. The normalized spacial score (nSPS) is 13.1. The maximum atomic E-state index is 5.36. The van der Waals surface area contributed by atoms with Gasteiger partial charge in [0.05, 0.1) is 0 Å². The molecule has 0 unspecified atom stereocenters. The summed E-state index contributed by atoms with van der Waals surface area (Å²) in [4.78, 5) is 0. The SMILES string of the molecule is C=C(C)c1ccc2cc3c(cc2c1)OCO3. The second-order valence-electron chi connectivity index (χ2n) is 4.05. The Morgan fingerprint density at radius 3 is 2.44 bits per heavy atom. The van der Waals surface area contributed by atoms with Gasteiger partial charge >= 0.3 is 0 Å². The molecule has 1 heterocycles. The first-order valence-corrected chi connectivity index (χ1v) is 5.23. The van der Waals surface area contributed by atoms with Crippen molar-refractivity contribution in [3.8, 4) is 11.5 Å². The third-order valence-electron chi connectivity index (χ3n) is 2.82. The topological polar surface area (TPSA) is 18.5 Å². The fraction of sp³-hybridized carbons (Fsp3) is 0.143. The van der Waals surface area contributed by atoms with Crippen LogP contribution in [-0.4, -0.2) is 6.79 Å².